The van der Waals surface area contributed by atoms with Gasteiger partial charge in [0, 0.05) is 35.8 Å². The van der Waals surface area contributed by atoms with Crippen molar-refractivity contribution in [1.29, 1.82) is 0 Å². The number of nitrogens with one attached hydrogen (secondary N) is 2. The summed E-state index contributed by atoms with van der Waals surface area (Å²) in [4.78, 5) is 13.2. The number of aliphatic hydroxyl groups excluding tert-OH is 1. The fraction of sp³-hybridized carbons (Fsp3) is 0.345. The molecular formula is C29H34Cl2N2O5S. The van der Waals surface area contributed by atoms with Gasteiger partial charge in [0.05, 0.1) is 29.4 Å². The van der Waals surface area contributed by atoms with Gasteiger partial charge in [-0.05, 0) is 72.0 Å². The van der Waals surface area contributed by atoms with Gasteiger partial charge < -0.3 is 20.5 Å². The summed E-state index contributed by atoms with van der Waals surface area (Å²) in [5, 5.41) is 18.2. The highest BCUT2D eigenvalue weighted by Crippen LogP contribution is 2.21. The van der Waals surface area contributed by atoms with Crippen molar-refractivity contribution in [2.45, 2.75) is 43.4 Å². The second-order valence-corrected chi connectivity index (χ2v) is 12.3. The Morgan fingerprint density at radius 2 is 1.64 bits per heavy atom. The summed E-state index contributed by atoms with van der Waals surface area (Å²) < 4.78 is 29.7. The zero-order valence-corrected chi connectivity index (χ0v) is 24.3. The number of benzene rings is 3. The predicted octanol–water partition coefficient (Wildman–Crippen LogP) is 4.47. The number of carbonyl (C=O) groups excluding carboxylic acids is 1. The van der Waals surface area contributed by atoms with Gasteiger partial charge in [0.1, 0.15) is 0 Å². The van der Waals surface area contributed by atoms with Gasteiger partial charge in [-0.25, -0.2) is 8.42 Å². The second kappa shape index (κ2) is 14.8. The van der Waals surface area contributed by atoms with E-state index >= 15 is 0 Å². The topological polar surface area (TPSA) is 105 Å². The van der Waals surface area contributed by atoms with E-state index in [-0.39, 0.29) is 35.8 Å². The van der Waals surface area contributed by atoms with Crippen LogP contribution in [0.4, 0.5) is 0 Å². The third-order valence-electron chi connectivity index (χ3n) is 6.27. The molecular weight excluding hydrogens is 559 g/mol. The molecule has 7 nitrogen and oxygen atoms in total. The SMILES string of the molecule is CCc1cccc(CNC[C@@H](O)[C@H](Cc2cc(Cl)cc(Cl)c2)NC(=O)c2ccc(S(=O)(=O)CCOC)cc2)c1. The largest absolute Gasteiger partial charge is 0.390 e. The van der Waals surface area contributed by atoms with Crippen molar-refractivity contribution in [3.8, 4) is 0 Å². The summed E-state index contributed by atoms with van der Waals surface area (Å²) in [7, 11) is -2.08. The highest BCUT2D eigenvalue weighted by Gasteiger charge is 2.23. The Hall–Kier alpha value is -2.46. The Morgan fingerprint density at radius 3 is 2.28 bits per heavy atom. The molecule has 2 atom stereocenters. The van der Waals surface area contributed by atoms with Crippen LogP contribution in [0.15, 0.2) is 71.6 Å². The van der Waals surface area contributed by atoms with Crippen LogP contribution in [-0.2, 0) is 34.0 Å². The van der Waals surface area contributed by atoms with E-state index in [1.54, 1.807) is 18.2 Å². The van der Waals surface area contributed by atoms with Gasteiger partial charge in [0.15, 0.2) is 9.84 Å². The van der Waals surface area contributed by atoms with Gasteiger partial charge in [-0.2, -0.15) is 0 Å². The van der Waals surface area contributed by atoms with Crippen molar-refractivity contribution in [3.63, 3.8) is 0 Å². The summed E-state index contributed by atoms with van der Waals surface area (Å²) in [6.45, 7) is 2.97. The number of hydrogen-bond donors (Lipinski definition) is 3. The lowest BCUT2D eigenvalue weighted by molar-refractivity contribution is 0.0830. The fourth-order valence-electron chi connectivity index (χ4n) is 4.11. The molecule has 3 aromatic carbocycles. The number of carbonyl (C=O) groups is 1. The standard InChI is InChI=1S/C29H34Cl2N2O5S/c1-3-20-5-4-6-21(13-20)18-32-19-28(34)27(16-22-14-24(30)17-25(31)15-22)33-29(35)23-7-9-26(10-8-23)39(36,37)12-11-38-2/h4-10,13-15,17,27-28,32,34H,3,11-12,16,18-19H2,1-2H3,(H,33,35)/t27-,28+/m0/s1. The van der Waals surface area contributed by atoms with Crippen LogP contribution >= 0.6 is 23.2 Å². The summed E-state index contributed by atoms with van der Waals surface area (Å²) in [6.07, 6.45) is 0.283. The Bertz CT molecular complexity index is 1330. The van der Waals surface area contributed by atoms with Gasteiger partial charge in [-0.1, -0.05) is 54.4 Å². The van der Waals surface area contributed by atoms with Crippen molar-refractivity contribution in [2.24, 2.45) is 0 Å². The molecule has 10 heteroatoms. The Balaban J connectivity index is 1.72. The molecule has 0 fully saturated rings. The molecule has 0 aromatic heterocycles. The fourth-order valence-corrected chi connectivity index (χ4v) is 5.85. The number of ether oxygens (including phenoxy) is 1. The molecule has 0 bridgehead atoms. The number of hydrogen-bond acceptors (Lipinski definition) is 6. The minimum Gasteiger partial charge on any atom is -0.390 e. The summed E-state index contributed by atoms with van der Waals surface area (Å²) in [5.74, 6) is -0.593. The molecule has 0 heterocycles. The molecule has 39 heavy (non-hydrogen) atoms. The lowest BCUT2D eigenvalue weighted by Crippen LogP contribution is -2.48. The summed E-state index contributed by atoms with van der Waals surface area (Å²) in [5.41, 5.74) is 3.36. The van der Waals surface area contributed by atoms with Crippen molar-refractivity contribution in [2.75, 3.05) is 26.0 Å². The first-order chi connectivity index (χ1) is 18.6. The van der Waals surface area contributed by atoms with E-state index in [1.165, 1.54) is 36.9 Å². The van der Waals surface area contributed by atoms with Crippen LogP contribution in [0.3, 0.4) is 0 Å². The maximum Gasteiger partial charge on any atom is 0.251 e. The van der Waals surface area contributed by atoms with Crippen LogP contribution in [0.25, 0.3) is 0 Å². The van der Waals surface area contributed by atoms with E-state index < -0.39 is 27.9 Å². The van der Waals surface area contributed by atoms with Crippen molar-refractivity contribution < 1.29 is 23.1 Å². The van der Waals surface area contributed by atoms with Crippen LogP contribution < -0.4 is 10.6 Å². The van der Waals surface area contributed by atoms with Gasteiger partial charge in [0.25, 0.3) is 5.91 Å². The molecule has 3 N–H and O–H groups in total. The van der Waals surface area contributed by atoms with Gasteiger partial charge in [0.2, 0.25) is 0 Å². The first-order valence-electron chi connectivity index (χ1n) is 12.7. The lowest BCUT2D eigenvalue weighted by atomic mass is 10.00. The van der Waals surface area contributed by atoms with Gasteiger partial charge in [-0.3, -0.25) is 4.79 Å². The molecule has 0 unspecified atom stereocenters. The van der Waals surface area contributed by atoms with E-state index in [1.807, 2.05) is 12.1 Å². The molecule has 0 spiro atoms. The van der Waals surface area contributed by atoms with E-state index in [2.05, 4.69) is 29.7 Å². The van der Waals surface area contributed by atoms with E-state index in [4.69, 9.17) is 27.9 Å². The number of rotatable bonds is 14. The van der Waals surface area contributed by atoms with E-state index in [0.29, 0.717) is 16.6 Å². The molecule has 3 aromatic rings. The smallest absolute Gasteiger partial charge is 0.251 e. The first kappa shape index (κ1) is 31.1. The van der Waals surface area contributed by atoms with Gasteiger partial charge in [-0.15, -0.1) is 0 Å². The normalized spacial score (nSPS) is 13.2. The molecule has 3 rings (SSSR count). The highest BCUT2D eigenvalue weighted by molar-refractivity contribution is 7.91. The van der Waals surface area contributed by atoms with Crippen molar-refractivity contribution >= 4 is 38.9 Å². The maximum atomic E-state index is 13.1. The quantitative estimate of drug-likeness (QED) is 0.255. The predicted molar refractivity (Wildman–Crippen MR) is 155 cm³/mol. The molecule has 0 radical (unpaired) electrons. The third-order valence-corrected chi connectivity index (χ3v) is 8.40. The Morgan fingerprint density at radius 1 is 0.974 bits per heavy atom. The van der Waals surface area contributed by atoms with Crippen LogP contribution in [0.5, 0.6) is 0 Å². The van der Waals surface area contributed by atoms with Crippen molar-refractivity contribution in [1.82, 2.24) is 10.6 Å². The highest BCUT2D eigenvalue weighted by atomic mass is 35.5. The van der Waals surface area contributed by atoms with Crippen LogP contribution in [0.2, 0.25) is 10.0 Å². The lowest BCUT2D eigenvalue weighted by Gasteiger charge is -2.25. The minimum absolute atomic E-state index is 0.0791. The summed E-state index contributed by atoms with van der Waals surface area (Å²) >= 11 is 12.3. The molecule has 1 amide bonds. The third kappa shape index (κ3) is 9.60. The average Bonchev–Trinajstić information content (AvgIpc) is 2.91. The van der Waals surface area contributed by atoms with Crippen molar-refractivity contribution in [3.05, 3.63) is 99.0 Å². The van der Waals surface area contributed by atoms with Crippen LogP contribution in [0, 0.1) is 0 Å². The number of sulfone groups is 1. The Kier molecular flexibility index (Phi) is 11.8. The molecule has 0 saturated heterocycles. The number of amides is 1. The van der Waals surface area contributed by atoms with Crippen LogP contribution in [-0.4, -0.2) is 57.6 Å². The molecule has 210 valence electrons. The van der Waals surface area contributed by atoms with E-state index in [0.717, 1.165) is 17.5 Å². The molecule has 0 saturated carbocycles. The zero-order valence-electron chi connectivity index (χ0n) is 22.0. The number of aliphatic hydroxyl groups is 1. The van der Waals surface area contributed by atoms with Crippen LogP contribution in [0.1, 0.15) is 34.0 Å². The monoisotopic (exact) mass is 592 g/mol. The Labute approximate surface area is 240 Å². The molecule has 0 aliphatic carbocycles. The summed E-state index contributed by atoms with van der Waals surface area (Å²) in [6, 6.07) is 18.3. The average molecular weight is 594 g/mol. The zero-order chi connectivity index (χ0) is 28.4. The number of aryl methyl sites for hydroxylation is 1. The van der Waals surface area contributed by atoms with E-state index in [9.17, 15) is 18.3 Å². The second-order valence-electron chi connectivity index (χ2n) is 9.27. The minimum atomic E-state index is -3.52. The molecule has 0 aliphatic rings. The van der Waals surface area contributed by atoms with Gasteiger partial charge >= 0.3 is 0 Å². The number of methoxy groups -OCH3 is 1. The molecule has 0 aliphatic heterocycles. The number of halogens is 2. The first-order valence-corrected chi connectivity index (χ1v) is 15.1. The maximum absolute atomic E-state index is 13.1.